The van der Waals surface area contributed by atoms with E-state index in [1.807, 2.05) is 13.8 Å². The molecule has 0 saturated carbocycles. The standard InChI is InChI=1S/C14H17FN2O4S/c1-9(2)14-16-13(17-21-14)8-22(19,20)7-12(18)10-5-3-4-6-11(10)15/h3-6,9,12,18H,7-8H2,1-2H3. The number of rotatable bonds is 6. The van der Waals surface area contributed by atoms with Gasteiger partial charge >= 0.3 is 0 Å². The number of hydrogen-bond acceptors (Lipinski definition) is 6. The van der Waals surface area contributed by atoms with E-state index in [0.717, 1.165) is 0 Å². The van der Waals surface area contributed by atoms with Gasteiger partial charge in [0.15, 0.2) is 15.7 Å². The Bertz CT molecular complexity index is 743. The Balaban J connectivity index is 2.09. The minimum atomic E-state index is -3.71. The molecule has 0 saturated heterocycles. The molecule has 0 aliphatic rings. The van der Waals surface area contributed by atoms with E-state index in [9.17, 15) is 17.9 Å². The fourth-order valence-electron chi connectivity index (χ4n) is 1.89. The van der Waals surface area contributed by atoms with Gasteiger partial charge in [0.1, 0.15) is 11.6 Å². The highest BCUT2D eigenvalue weighted by Crippen LogP contribution is 2.20. The van der Waals surface area contributed by atoms with E-state index in [0.29, 0.717) is 5.89 Å². The molecular formula is C14H17FN2O4S. The summed E-state index contributed by atoms with van der Waals surface area (Å²) in [6.45, 7) is 3.68. The lowest BCUT2D eigenvalue weighted by Gasteiger charge is -2.11. The van der Waals surface area contributed by atoms with Crippen LogP contribution in [-0.4, -0.2) is 29.4 Å². The van der Waals surface area contributed by atoms with E-state index in [4.69, 9.17) is 4.52 Å². The maximum atomic E-state index is 13.5. The summed E-state index contributed by atoms with van der Waals surface area (Å²) in [7, 11) is -3.71. The minimum absolute atomic E-state index is 0.00652. The first kappa shape index (κ1) is 16.6. The van der Waals surface area contributed by atoms with Crippen LogP contribution in [0.5, 0.6) is 0 Å². The average Bonchev–Trinajstić information content (AvgIpc) is 2.86. The van der Waals surface area contributed by atoms with Gasteiger partial charge in [0.2, 0.25) is 5.89 Å². The molecule has 0 amide bonds. The zero-order valence-corrected chi connectivity index (χ0v) is 13.0. The summed E-state index contributed by atoms with van der Waals surface area (Å²) in [5, 5.41) is 13.5. The van der Waals surface area contributed by atoms with E-state index in [1.54, 1.807) is 0 Å². The highest BCUT2D eigenvalue weighted by Gasteiger charge is 2.24. The number of aromatic nitrogens is 2. The first-order chi connectivity index (χ1) is 10.3. The second-order valence-electron chi connectivity index (χ2n) is 5.30. The third-order valence-corrected chi connectivity index (χ3v) is 4.52. The molecule has 2 aromatic rings. The van der Waals surface area contributed by atoms with Gasteiger partial charge in [-0.15, -0.1) is 0 Å². The Morgan fingerprint density at radius 2 is 2.00 bits per heavy atom. The van der Waals surface area contributed by atoms with Crippen molar-refractivity contribution in [2.75, 3.05) is 5.75 Å². The van der Waals surface area contributed by atoms with Crippen molar-refractivity contribution in [1.82, 2.24) is 10.1 Å². The monoisotopic (exact) mass is 328 g/mol. The van der Waals surface area contributed by atoms with E-state index in [1.165, 1.54) is 24.3 Å². The van der Waals surface area contributed by atoms with Crippen molar-refractivity contribution < 1.29 is 22.4 Å². The maximum Gasteiger partial charge on any atom is 0.229 e. The zero-order chi connectivity index (χ0) is 16.3. The van der Waals surface area contributed by atoms with Crippen LogP contribution < -0.4 is 0 Å². The molecule has 0 radical (unpaired) electrons. The summed E-state index contributed by atoms with van der Waals surface area (Å²) >= 11 is 0. The molecule has 1 heterocycles. The molecule has 0 fully saturated rings. The molecule has 1 aromatic carbocycles. The summed E-state index contributed by atoms with van der Waals surface area (Å²) in [6.07, 6.45) is -1.44. The number of nitrogens with zero attached hydrogens (tertiary/aromatic N) is 2. The van der Waals surface area contributed by atoms with Gasteiger partial charge in [-0.1, -0.05) is 37.2 Å². The third-order valence-electron chi connectivity index (χ3n) is 3.00. The third kappa shape index (κ3) is 4.11. The van der Waals surface area contributed by atoms with Gasteiger partial charge in [-0.25, -0.2) is 12.8 Å². The molecule has 0 bridgehead atoms. The van der Waals surface area contributed by atoms with Crippen LogP contribution >= 0.6 is 0 Å². The van der Waals surface area contributed by atoms with Gasteiger partial charge in [0.05, 0.1) is 11.9 Å². The average molecular weight is 328 g/mol. The quantitative estimate of drug-likeness (QED) is 0.871. The number of sulfone groups is 1. The fourth-order valence-corrected chi connectivity index (χ4v) is 3.18. The van der Waals surface area contributed by atoms with Gasteiger partial charge in [-0.2, -0.15) is 4.98 Å². The lowest BCUT2D eigenvalue weighted by Crippen LogP contribution is -2.17. The highest BCUT2D eigenvalue weighted by atomic mass is 32.2. The second-order valence-corrected chi connectivity index (χ2v) is 7.40. The molecule has 120 valence electrons. The Hall–Kier alpha value is -1.80. The normalized spacial score (nSPS) is 13.5. The number of halogens is 1. The molecule has 22 heavy (non-hydrogen) atoms. The molecule has 1 aromatic heterocycles. The fraction of sp³-hybridized carbons (Fsp3) is 0.429. The van der Waals surface area contributed by atoms with Crippen LogP contribution in [0, 0.1) is 5.82 Å². The van der Waals surface area contributed by atoms with Crippen molar-refractivity contribution >= 4 is 9.84 Å². The first-order valence-corrected chi connectivity index (χ1v) is 8.56. The Kier molecular flexibility index (Phi) is 4.92. The minimum Gasteiger partial charge on any atom is -0.387 e. The molecule has 1 atom stereocenters. The molecular weight excluding hydrogens is 311 g/mol. The Labute approximate surface area is 127 Å². The van der Waals surface area contributed by atoms with Crippen molar-refractivity contribution in [1.29, 1.82) is 0 Å². The smallest absolute Gasteiger partial charge is 0.229 e. The van der Waals surface area contributed by atoms with Crippen LogP contribution in [0.4, 0.5) is 4.39 Å². The van der Waals surface area contributed by atoms with Crippen molar-refractivity contribution in [3.63, 3.8) is 0 Å². The van der Waals surface area contributed by atoms with Crippen LogP contribution in [0.25, 0.3) is 0 Å². The van der Waals surface area contributed by atoms with Crippen molar-refractivity contribution in [3.05, 3.63) is 47.4 Å². The number of aliphatic hydroxyl groups is 1. The predicted molar refractivity (Wildman–Crippen MR) is 77.2 cm³/mol. The van der Waals surface area contributed by atoms with Gasteiger partial charge in [-0.3, -0.25) is 0 Å². The molecule has 0 aliphatic heterocycles. The Morgan fingerprint density at radius 1 is 1.32 bits per heavy atom. The summed E-state index contributed by atoms with van der Waals surface area (Å²) in [6, 6.07) is 5.51. The van der Waals surface area contributed by atoms with E-state index < -0.39 is 33.3 Å². The summed E-state index contributed by atoms with van der Waals surface area (Å²) < 4.78 is 42.6. The van der Waals surface area contributed by atoms with E-state index in [2.05, 4.69) is 10.1 Å². The van der Waals surface area contributed by atoms with Crippen LogP contribution in [-0.2, 0) is 15.6 Å². The van der Waals surface area contributed by atoms with Crippen molar-refractivity contribution in [3.8, 4) is 0 Å². The summed E-state index contributed by atoms with van der Waals surface area (Å²) in [5.41, 5.74) is -0.0537. The maximum absolute atomic E-state index is 13.5. The van der Waals surface area contributed by atoms with Crippen LogP contribution in [0.15, 0.2) is 28.8 Å². The molecule has 1 N–H and O–H groups in total. The summed E-state index contributed by atoms with van der Waals surface area (Å²) in [5.74, 6) is -1.35. The number of benzene rings is 1. The number of aliphatic hydroxyl groups excluding tert-OH is 1. The van der Waals surface area contributed by atoms with Crippen molar-refractivity contribution in [2.24, 2.45) is 0 Å². The Morgan fingerprint density at radius 3 is 2.59 bits per heavy atom. The van der Waals surface area contributed by atoms with Crippen LogP contribution in [0.2, 0.25) is 0 Å². The van der Waals surface area contributed by atoms with Crippen LogP contribution in [0.1, 0.15) is 43.1 Å². The lowest BCUT2D eigenvalue weighted by molar-refractivity contribution is 0.196. The summed E-state index contributed by atoms with van der Waals surface area (Å²) in [4.78, 5) is 3.98. The lowest BCUT2D eigenvalue weighted by atomic mass is 10.1. The molecule has 8 heteroatoms. The van der Waals surface area contributed by atoms with Gasteiger partial charge in [0.25, 0.3) is 0 Å². The van der Waals surface area contributed by atoms with Gasteiger partial charge in [0, 0.05) is 11.5 Å². The highest BCUT2D eigenvalue weighted by molar-refractivity contribution is 7.90. The number of hydrogen-bond donors (Lipinski definition) is 1. The molecule has 2 rings (SSSR count). The molecule has 0 aliphatic carbocycles. The first-order valence-electron chi connectivity index (χ1n) is 6.74. The largest absolute Gasteiger partial charge is 0.387 e. The zero-order valence-electron chi connectivity index (χ0n) is 12.2. The van der Waals surface area contributed by atoms with Crippen molar-refractivity contribution in [2.45, 2.75) is 31.6 Å². The van der Waals surface area contributed by atoms with Gasteiger partial charge < -0.3 is 9.63 Å². The van der Waals surface area contributed by atoms with Crippen LogP contribution in [0.3, 0.4) is 0 Å². The molecule has 6 nitrogen and oxygen atoms in total. The second kappa shape index (κ2) is 6.53. The topological polar surface area (TPSA) is 93.3 Å². The van der Waals surface area contributed by atoms with E-state index in [-0.39, 0.29) is 17.3 Å². The molecule has 0 spiro atoms. The SMILES string of the molecule is CC(C)c1nc(CS(=O)(=O)CC(O)c2ccccc2F)no1. The van der Waals surface area contributed by atoms with E-state index >= 15 is 0 Å². The predicted octanol–water partition coefficient (Wildman–Crippen LogP) is 1.98. The van der Waals surface area contributed by atoms with Gasteiger partial charge in [-0.05, 0) is 6.07 Å². The molecule has 1 unspecified atom stereocenters.